The Labute approximate surface area is 127 Å². The molecule has 0 aliphatic carbocycles. The van der Waals surface area contributed by atoms with Gasteiger partial charge in [-0.1, -0.05) is 36.7 Å². The Kier molecular flexibility index (Phi) is 5.85. The van der Waals surface area contributed by atoms with Crippen LogP contribution in [-0.2, 0) is 4.74 Å². The number of halogens is 1. The SMILES string of the molecule is CCNC1COCC1CN(C)C(C)c1ccccc1Cl. The van der Waals surface area contributed by atoms with Crippen molar-refractivity contribution >= 4 is 11.6 Å². The molecule has 1 heterocycles. The van der Waals surface area contributed by atoms with Crippen LogP contribution in [0.2, 0.25) is 5.02 Å². The summed E-state index contributed by atoms with van der Waals surface area (Å²) in [5.41, 5.74) is 1.19. The highest BCUT2D eigenvalue weighted by Crippen LogP contribution is 2.27. The van der Waals surface area contributed by atoms with E-state index in [9.17, 15) is 0 Å². The Morgan fingerprint density at radius 1 is 1.40 bits per heavy atom. The van der Waals surface area contributed by atoms with Crippen LogP contribution in [0.5, 0.6) is 0 Å². The lowest BCUT2D eigenvalue weighted by atomic mass is 10.0. The molecule has 20 heavy (non-hydrogen) atoms. The second-order valence-electron chi connectivity index (χ2n) is 5.60. The van der Waals surface area contributed by atoms with E-state index >= 15 is 0 Å². The van der Waals surface area contributed by atoms with Crippen LogP contribution in [-0.4, -0.2) is 44.3 Å². The molecular formula is C16H25ClN2O. The van der Waals surface area contributed by atoms with Crippen molar-refractivity contribution in [2.45, 2.75) is 25.9 Å². The van der Waals surface area contributed by atoms with E-state index in [-0.39, 0.29) is 0 Å². The molecule has 1 saturated heterocycles. The van der Waals surface area contributed by atoms with Crippen molar-refractivity contribution in [1.29, 1.82) is 0 Å². The first kappa shape index (κ1) is 15.8. The van der Waals surface area contributed by atoms with Crippen molar-refractivity contribution in [3.8, 4) is 0 Å². The summed E-state index contributed by atoms with van der Waals surface area (Å²) in [5.74, 6) is 0.546. The molecule has 3 nitrogen and oxygen atoms in total. The monoisotopic (exact) mass is 296 g/mol. The average molecular weight is 297 g/mol. The van der Waals surface area contributed by atoms with Gasteiger partial charge in [0.1, 0.15) is 0 Å². The molecule has 1 aromatic carbocycles. The number of rotatable bonds is 6. The molecular weight excluding hydrogens is 272 g/mol. The van der Waals surface area contributed by atoms with Crippen molar-refractivity contribution in [3.05, 3.63) is 34.9 Å². The van der Waals surface area contributed by atoms with Crippen LogP contribution in [0, 0.1) is 5.92 Å². The first-order valence-corrected chi connectivity index (χ1v) is 7.77. The highest BCUT2D eigenvalue weighted by Gasteiger charge is 2.29. The van der Waals surface area contributed by atoms with Crippen molar-refractivity contribution in [2.75, 3.05) is 33.4 Å². The Bertz CT molecular complexity index is 427. The third kappa shape index (κ3) is 3.73. The summed E-state index contributed by atoms with van der Waals surface area (Å²) in [6.07, 6.45) is 0. The zero-order chi connectivity index (χ0) is 14.5. The summed E-state index contributed by atoms with van der Waals surface area (Å²) >= 11 is 6.29. The van der Waals surface area contributed by atoms with Gasteiger partial charge in [0.15, 0.2) is 0 Å². The molecule has 3 unspecified atom stereocenters. The standard InChI is InChI=1S/C16H25ClN2O/c1-4-18-16-11-20-10-13(16)9-19(3)12(2)14-7-5-6-8-15(14)17/h5-8,12-13,16,18H,4,9-11H2,1-3H3. The molecule has 3 atom stereocenters. The zero-order valence-corrected chi connectivity index (χ0v) is 13.4. The van der Waals surface area contributed by atoms with Crippen molar-refractivity contribution in [1.82, 2.24) is 10.2 Å². The van der Waals surface area contributed by atoms with Crippen molar-refractivity contribution < 1.29 is 4.74 Å². The molecule has 2 rings (SSSR count). The smallest absolute Gasteiger partial charge is 0.0623 e. The second-order valence-corrected chi connectivity index (χ2v) is 6.01. The Balaban J connectivity index is 1.97. The van der Waals surface area contributed by atoms with E-state index in [0.29, 0.717) is 18.0 Å². The Hall–Kier alpha value is -0.610. The number of nitrogens with one attached hydrogen (secondary N) is 1. The molecule has 0 spiro atoms. The summed E-state index contributed by atoms with van der Waals surface area (Å²) in [7, 11) is 2.16. The zero-order valence-electron chi connectivity index (χ0n) is 12.6. The minimum absolute atomic E-state index is 0.312. The van der Waals surface area contributed by atoms with Gasteiger partial charge in [0.2, 0.25) is 0 Å². The summed E-state index contributed by atoms with van der Waals surface area (Å²) in [6, 6.07) is 8.88. The number of hydrogen-bond donors (Lipinski definition) is 1. The largest absolute Gasteiger partial charge is 0.379 e. The van der Waals surface area contributed by atoms with E-state index in [4.69, 9.17) is 16.3 Å². The van der Waals surface area contributed by atoms with Gasteiger partial charge in [0, 0.05) is 29.6 Å². The number of hydrogen-bond acceptors (Lipinski definition) is 3. The summed E-state index contributed by atoms with van der Waals surface area (Å²) in [4.78, 5) is 2.37. The van der Waals surface area contributed by atoms with Gasteiger partial charge in [0.25, 0.3) is 0 Å². The quantitative estimate of drug-likeness (QED) is 0.873. The Morgan fingerprint density at radius 2 is 2.15 bits per heavy atom. The lowest BCUT2D eigenvalue weighted by Gasteiger charge is -2.30. The molecule has 0 radical (unpaired) electrons. The van der Waals surface area contributed by atoms with Gasteiger partial charge >= 0.3 is 0 Å². The number of nitrogens with zero attached hydrogens (tertiary/aromatic N) is 1. The molecule has 0 bridgehead atoms. The normalized spacial score (nSPS) is 24.2. The number of benzene rings is 1. The molecule has 0 amide bonds. The highest BCUT2D eigenvalue weighted by molar-refractivity contribution is 6.31. The van der Waals surface area contributed by atoms with Crippen LogP contribution in [0.25, 0.3) is 0 Å². The fourth-order valence-electron chi connectivity index (χ4n) is 2.85. The predicted octanol–water partition coefficient (Wildman–Crippen LogP) is 2.96. The van der Waals surface area contributed by atoms with E-state index < -0.39 is 0 Å². The lowest BCUT2D eigenvalue weighted by Crippen LogP contribution is -2.41. The molecule has 4 heteroatoms. The van der Waals surface area contributed by atoms with Crippen LogP contribution in [0.3, 0.4) is 0 Å². The molecule has 0 saturated carbocycles. The van der Waals surface area contributed by atoms with E-state index in [1.165, 1.54) is 5.56 Å². The first-order chi connectivity index (χ1) is 9.63. The van der Waals surface area contributed by atoms with Crippen LogP contribution < -0.4 is 5.32 Å². The molecule has 1 aromatic rings. The fraction of sp³-hybridized carbons (Fsp3) is 0.625. The molecule has 1 fully saturated rings. The van der Waals surface area contributed by atoms with Gasteiger partial charge < -0.3 is 10.1 Å². The third-order valence-electron chi connectivity index (χ3n) is 4.20. The number of likely N-dealkylation sites (N-methyl/N-ethyl adjacent to an activating group) is 1. The van der Waals surface area contributed by atoms with Gasteiger partial charge in [-0.25, -0.2) is 0 Å². The van der Waals surface area contributed by atoms with Gasteiger partial charge in [-0.15, -0.1) is 0 Å². The van der Waals surface area contributed by atoms with Crippen LogP contribution in [0.4, 0.5) is 0 Å². The summed E-state index contributed by atoms with van der Waals surface area (Å²) in [5, 5.41) is 4.36. The van der Waals surface area contributed by atoms with E-state index in [2.05, 4.69) is 37.2 Å². The maximum absolute atomic E-state index is 6.29. The minimum Gasteiger partial charge on any atom is -0.379 e. The van der Waals surface area contributed by atoms with Gasteiger partial charge in [-0.05, 0) is 32.1 Å². The molecule has 0 aromatic heterocycles. The van der Waals surface area contributed by atoms with Crippen molar-refractivity contribution in [3.63, 3.8) is 0 Å². The fourth-order valence-corrected chi connectivity index (χ4v) is 3.14. The van der Waals surface area contributed by atoms with Crippen molar-refractivity contribution in [2.24, 2.45) is 5.92 Å². The summed E-state index contributed by atoms with van der Waals surface area (Å²) < 4.78 is 5.62. The van der Waals surface area contributed by atoms with Gasteiger partial charge in [0.05, 0.1) is 13.2 Å². The molecule has 1 aliphatic heterocycles. The molecule has 1 N–H and O–H groups in total. The maximum Gasteiger partial charge on any atom is 0.0623 e. The van der Waals surface area contributed by atoms with Gasteiger partial charge in [-0.2, -0.15) is 0 Å². The highest BCUT2D eigenvalue weighted by atomic mass is 35.5. The Morgan fingerprint density at radius 3 is 2.85 bits per heavy atom. The maximum atomic E-state index is 6.29. The van der Waals surface area contributed by atoms with Crippen LogP contribution in [0.15, 0.2) is 24.3 Å². The van der Waals surface area contributed by atoms with Crippen LogP contribution >= 0.6 is 11.6 Å². The molecule has 112 valence electrons. The third-order valence-corrected chi connectivity index (χ3v) is 4.55. The number of ether oxygens (including phenoxy) is 1. The predicted molar refractivity (Wildman–Crippen MR) is 84.3 cm³/mol. The average Bonchev–Trinajstić information content (AvgIpc) is 2.86. The second kappa shape index (κ2) is 7.41. The van der Waals surface area contributed by atoms with E-state index in [1.807, 2.05) is 18.2 Å². The van der Waals surface area contributed by atoms with E-state index in [1.54, 1.807) is 0 Å². The van der Waals surface area contributed by atoms with Gasteiger partial charge in [-0.3, -0.25) is 4.90 Å². The molecule has 1 aliphatic rings. The minimum atomic E-state index is 0.312. The first-order valence-electron chi connectivity index (χ1n) is 7.39. The topological polar surface area (TPSA) is 24.5 Å². The lowest BCUT2D eigenvalue weighted by molar-refractivity contribution is 0.164. The van der Waals surface area contributed by atoms with E-state index in [0.717, 1.165) is 31.3 Å². The van der Waals surface area contributed by atoms with Crippen LogP contribution in [0.1, 0.15) is 25.5 Å². The summed E-state index contributed by atoms with van der Waals surface area (Å²) in [6.45, 7) is 8.03.